The average molecular weight is 664 g/mol. The third-order valence-electron chi connectivity index (χ3n) is 8.52. The summed E-state index contributed by atoms with van der Waals surface area (Å²) < 4.78 is 20.1. The molecule has 0 radical (unpaired) electrons. The molecule has 0 bridgehead atoms. The Balaban J connectivity index is 4.80. The van der Waals surface area contributed by atoms with Crippen LogP contribution in [0.4, 0.5) is 0 Å². The molecule has 0 N–H and O–H groups in total. The molecule has 0 aromatic rings. The van der Waals surface area contributed by atoms with Gasteiger partial charge in [0.2, 0.25) is 0 Å². The quantitative estimate of drug-likeness (QED) is 0.0376. The zero-order valence-corrected chi connectivity index (χ0v) is 32.8. The van der Waals surface area contributed by atoms with E-state index in [1.807, 2.05) is 0 Å². The van der Waals surface area contributed by atoms with Gasteiger partial charge in [-0.1, -0.05) is 115 Å². The number of unbranched alkanes of at least 4 members (excludes halogenated alkanes) is 18. The molecular formula is C41H81NO3Si. The predicted octanol–water partition coefficient (Wildman–Crippen LogP) is 13.0. The van der Waals surface area contributed by atoms with Crippen LogP contribution in [-0.2, 0) is 13.3 Å². The zero-order chi connectivity index (χ0) is 33.7. The topological polar surface area (TPSA) is 30.9 Å². The number of nitrogens with zero attached hydrogens (tertiary/aromatic N) is 1. The Bertz CT molecular complexity index is 600. The largest absolute Gasteiger partial charge is 0.501 e. The molecule has 0 atom stereocenters. The van der Waals surface area contributed by atoms with Gasteiger partial charge in [0.05, 0.1) is 0 Å². The molecule has 46 heavy (non-hydrogen) atoms. The van der Waals surface area contributed by atoms with Crippen molar-refractivity contribution in [2.24, 2.45) is 0 Å². The first-order valence-electron chi connectivity index (χ1n) is 20.1. The number of rotatable bonds is 37. The van der Waals surface area contributed by atoms with Crippen LogP contribution in [0.15, 0.2) is 36.5 Å². The highest BCUT2D eigenvalue weighted by atomic mass is 28.4. The fraction of sp³-hybridized carbons (Fsp3) is 0.854. The summed E-state index contributed by atoms with van der Waals surface area (Å²) in [6.45, 7) is 10.2. The second kappa shape index (κ2) is 37.1. The third kappa shape index (κ3) is 33.2. The third-order valence-corrected chi connectivity index (χ3v) is 11.4. The molecule has 0 rings (SSSR count). The summed E-state index contributed by atoms with van der Waals surface area (Å²) in [5.74, 6) is 0. The van der Waals surface area contributed by atoms with Crippen molar-refractivity contribution in [3.63, 3.8) is 0 Å². The molecule has 0 aliphatic carbocycles. The molecular weight excluding hydrogens is 583 g/mol. The van der Waals surface area contributed by atoms with E-state index < -0.39 is 8.80 Å². The van der Waals surface area contributed by atoms with Gasteiger partial charge in [-0.15, -0.1) is 0 Å². The Kier molecular flexibility index (Phi) is 36.5. The molecule has 0 unspecified atom stereocenters. The molecule has 272 valence electrons. The maximum Gasteiger partial charge on any atom is 0.501 e. The molecule has 0 aliphatic heterocycles. The van der Waals surface area contributed by atoms with Crippen molar-refractivity contribution in [3.8, 4) is 0 Å². The first-order valence-corrected chi connectivity index (χ1v) is 22.0. The van der Waals surface area contributed by atoms with Crippen molar-refractivity contribution in [2.45, 2.75) is 187 Å². The molecule has 5 heteroatoms. The van der Waals surface area contributed by atoms with Gasteiger partial charge in [-0.2, -0.15) is 0 Å². The minimum Gasteiger partial charge on any atom is -0.373 e. The van der Waals surface area contributed by atoms with E-state index >= 15 is 0 Å². The zero-order valence-electron chi connectivity index (χ0n) is 31.8. The van der Waals surface area contributed by atoms with E-state index in [9.17, 15) is 0 Å². The first-order chi connectivity index (χ1) is 22.6. The molecule has 0 aliphatic rings. The van der Waals surface area contributed by atoms with E-state index in [1.165, 1.54) is 135 Å². The van der Waals surface area contributed by atoms with E-state index in [-0.39, 0.29) is 0 Å². The van der Waals surface area contributed by atoms with Crippen LogP contribution in [0.1, 0.15) is 181 Å². The van der Waals surface area contributed by atoms with Gasteiger partial charge in [0.15, 0.2) is 0 Å². The van der Waals surface area contributed by atoms with Gasteiger partial charge in [-0.25, -0.2) is 0 Å². The summed E-state index contributed by atoms with van der Waals surface area (Å²) in [4.78, 5) is 2.26. The van der Waals surface area contributed by atoms with Crippen molar-refractivity contribution in [2.75, 3.05) is 40.5 Å². The summed E-state index contributed by atoms with van der Waals surface area (Å²) in [7, 11) is 1.59. The van der Waals surface area contributed by atoms with Gasteiger partial charge in [-0.3, -0.25) is 0 Å². The van der Waals surface area contributed by atoms with Gasteiger partial charge < -0.3 is 18.2 Å². The Hall–Kier alpha value is -0.723. The Morgan fingerprint density at radius 3 is 0.978 bits per heavy atom. The van der Waals surface area contributed by atoms with Crippen LogP contribution in [0, 0.1) is 0 Å². The second-order valence-corrected chi connectivity index (χ2v) is 16.3. The van der Waals surface area contributed by atoms with Crippen LogP contribution in [-0.4, -0.2) is 54.2 Å². The molecule has 0 spiro atoms. The lowest BCUT2D eigenvalue weighted by Crippen LogP contribution is -2.47. The fourth-order valence-corrected chi connectivity index (χ4v) is 8.14. The maximum absolute atomic E-state index is 6.70. The number of hydrogen-bond donors (Lipinski definition) is 0. The SMILES string of the molecule is CCCCC/C=C\CCCCCO[Si](CCCN(C)C)(OCCCCC/C=C\CCCCC)OCCCCC/C=C\CCCCC. The Labute approximate surface area is 290 Å². The van der Waals surface area contributed by atoms with Crippen molar-refractivity contribution in [1.82, 2.24) is 4.90 Å². The van der Waals surface area contributed by atoms with Crippen molar-refractivity contribution in [1.29, 1.82) is 0 Å². The summed E-state index contributed by atoms with van der Waals surface area (Å²) in [6, 6.07) is 0.923. The summed E-state index contributed by atoms with van der Waals surface area (Å²) in [5, 5.41) is 0. The van der Waals surface area contributed by atoms with Crippen LogP contribution in [0.3, 0.4) is 0 Å². The Morgan fingerprint density at radius 1 is 0.391 bits per heavy atom. The molecule has 0 heterocycles. The second-order valence-electron chi connectivity index (χ2n) is 13.6. The lowest BCUT2D eigenvalue weighted by atomic mass is 10.1. The van der Waals surface area contributed by atoms with Gasteiger partial charge in [-0.05, 0) is 123 Å². The molecule has 0 amide bonds. The van der Waals surface area contributed by atoms with Crippen LogP contribution >= 0.6 is 0 Å². The molecule has 0 saturated heterocycles. The average Bonchev–Trinajstić information content (AvgIpc) is 3.04. The maximum atomic E-state index is 6.70. The number of allylic oxidation sites excluding steroid dienone is 6. The molecule has 0 aromatic heterocycles. The van der Waals surface area contributed by atoms with Crippen molar-refractivity contribution in [3.05, 3.63) is 36.5 Å². The van der Waals surface area contributed by atoms with Gasteiger partial charge >= 0.3 is 8.80 Å². The van der Waals surface area contributed by atoms with Crippen molar-refractivity contribution >= 4 is 8.80 Å². The van der Waals surface area contributed by atoms with Gasteiger partial charge in [0.1, 0.15) is 0 Å². The Morgan fingerprint density at radius 2 is 0.696 bits per heavy atom. The van der Waals surface area contributed by atoms with E-state index in [0.29, 0.717) is 0 Å². The summed E-state index contributed by atoms with van der Waals surface area (Å²) in [6.07, 6.45) is 45.2. The smallest absolute Gasteiger partial charge is 0.373 e. The normalized spacial score (nSPS) is 12.7. The van der Waals surface area contributed by atoms with Gasteiger partial charge in [0.25, 0.3) is 0 Å². The summed E-state index contributed by atoms with van der Waals surface area (Å²) >= 11 is 0. The lowest BCUT2D eigenvalue weighted by Gasteiger charge is -2.30. The van der Waals surface area contributed by atoms with Gasteiger partial charge in [0, 0.05) is 25.9 Å². The van der Waals surface area contributed by atoms with Crippen LogP contribution in [0.2, 0.25) is 6.04 Å². The highest BCUT2D eigenvalue weighted by molar-refractivity contribution is 6.60. The minimum atomic E-state index is -2.71. The van der Waals surface area contributed by atoms with Crippen LogP contribution in [0.5, 0.6) is 0 Å². The number of hydrogen-bond acceptors (Lipinski definition) is 4. The molecule has 4 nitrogen and oxygen atoms in total. The van der Waals surface area contributed by atoms with E-state index in [1.54, 1.807) is 0 Å². The molecule has 0 aromatic carbocycles. The van der Waals surface area contributed by atoms with Crippen molar-refractivity contribution < 1.29 is 13.3 Å². The lowest BCUT2D eigenvalue weighted by molar-refractivity contribution is 0.0544. The molecule has 0 fully saturated rings. The van der Waals surface area contributed by atoms with E-state index in [0.717, 1.165) is 58.1 Å². The van der Waals surface area contributed by atoms with E-state index in [4.69, 9.17) is 13.3 Å². The standard InChI is InChI=1S/C41H81NO3Si/c1-6-9-12-15-18-21-24-27-30-33-38-43-46(41-36-37-42(4)5,44-39-34-31-28-25-22-19-16-13-10-7-2)45-40-35-32-29-26-23-20-17-14-11-8-3/h18-23H,6-17,24-41H2,1-5H3/b21-18-,22-19-,23-20-. The van der Waals surface area contributed by atoms with Crippen LogP contribution in [0.25, 0.3) is 0 Å². The fourth-order valence-electron chi connectivity index (χ4n) is 5.50. The van der Waals surface area contributed by atoms with Crippen LogP contribution < -0.4 is 0 Å². The van der Waals surface area contributed by atoms with E-state index in [2.05, 4.69) is 76.2 Å². The highest BCUT2D eigenvalue weighted by Crippen LogP contribution is 2.21. The minimum absolute atomic E-state index is 0.764. The highest BCUT2D eigenvalue weighted by Gasteiger charge is 2.40. The predicted molar refractivity (Wildman–Crippen MR) is 207 cm³/mol. The molecule has 0 saturated carbocycles. The monoisotopic (exact) mass is 664 g/mol. The first kappa shape index (κ1) is 45.3. The summed E-state index contributed by atoms with van der Waals surface area (Å²) in [5.41, 5.74) is 0.